The molecule has 152 valence electrons. The molecule has 2 aliphatic heterocycles. The molecular formula is C22H16O8. The Morgan fingerprint density at radius 3 is 1.47 bits per heavy atom. The predicted octanol–water partition coefficient (Wildman–Crippen LogP) is 1.61. The van der Waals surface area contributed by atoms with Gasteiger partial charge in [0.2, 0.25) is 0 Å². The van der Waals surface area contributed by atoms with Crippen LogP contribution in [0.4, 0.5) is 0 Å². The van der Waals surface area contributed by atoms with Gasteiger partial charge in [-0.05, 0) is 24.3 Å². The number of rotatable bonds is 2. The van der Waals surface area contributed by atoms with E-state index in [4.69, 9.17) is 18.9 Å². The van der Waals surface area contributed by atoms with E-state index in [1.807, 2.05) is 0 Å². The van der Waals surface area contributed by atoms with Gasteiger partial charge < -0.3 is 18.9 Å². The first kappa shape index (κ1) is 18.4. The summed E-state index contributed by atoms with van der Waals surface area (Å²) in [5.74, 6) is -5.40. The third kappa shape index (κ3) is 1.82. The van der Waals surface area contributed by atoms with E-state index in [0.29, 0.717) is 0 Å². The van der Waals surface area contributed by atoms with Gasteiger partial charge in [-0.25, -0.2) is 9.59 Å². The van der Waals surface area contributed by atoms with Gasteiger partial charge in [0.25, 0.3) is 11.2 Å². The number of hydrogen-bond acceptors (Lipinski definition) is 8. The van der Waals surface area contributed by atoms with E-state index in [-0.39, 0.29) is 22.6 Å². The van der Waals surface area contributed by atoms with Gasteiger partial charge in [0.15, 0.2) is 11.6 Å². The molecule has 1 fully saturated rings. The van der Waals surface area contributed by atoms with Gasteiger partial charge in [-0.2, -0.15) is 0 Å². The molecule has 2 heterocycles. The van der Waals surface area contributed by atoms with Crippen LogP contribution in [0.1, 0.15) is 20.7 Å². The molecule has 0 N–H and O–H groups in total. The summed E-state index contributed by atoms with van der Waals surface area (Å²) >= 11 is 0. The number of para-hydroxylation sites is 2. The van der Waals surface area contributed by atoms with E-state index >= 15 is 0 Å². The second kappa shape index (κ2) is 5.91. The molecule has 1 aliphatic carbocycles. The summed E-state index contributed by atoms with van der Waals surface area (Å²) in [6.45, 7) is 0. The Bertz CT molecular complexity index is 1050. The molecule has 2 aromatic rings. The Labute approximate surface area is 170 Å². The van der Waals surface area contributed by atoms with Crippen LogP contribution in [-0.2, 0) is 19.1 Å². The molecule has 8 heteroatoms. The number of fused-ring (bicyclic) bond motifs is 6. The molecule has 3 aliphatic rings. The SMILES string of the molecule is COC(=O)[C@@]12Oc3ccccc3C(=O)[C@@H]1[C@@H]1C(=O)c3ccccc3O[C@@]12C(=O)OC. The zero-order chi connectivity index (χ0) is 21.3. The number of benzene rings is 2. The molecule has 0 saturated heterocycles. The third-order valence-electron chi connectivity index (χ3n) is 6.15. The molecule has 0 radical (unpaired) electrons. The van der Waals surface area contributed by atoms with Crippen LogP contribution in [0, 0.1) is 11.8 Å². The van der Waals surface area contributed by atoms with Crippen LogP contribution < -0.4 is 9.47 Å². The minimum Gasteiger partial charge on any atom is -0.469 e. The summed E-state index contributed by atoms with van der Waals surface area (Å²) < 4.78 is 22.0. The minimum absolute atomic E-state index is 0.0979. The van der Waals surface area contributed by atoms with Crippen LogP contribution >= 0.6 is 0 Å². The van der Waals surface area contributed by atoms with Crippen molar-refractivity contribution in [1.29, 1.82) is 0 Å². The average molecular weight is 408 g/mol. The molecule has 0 spiro atoms. The minimum atomic E-state index is -2.20. The fourth-order valence-electron chi connectivity index (χ4n) is 4.93. The number of hydrogen-bond donors (Lipinski definition) is 0. The number of carbonyl (C=O) groups is 4. The van der Waals surface area contributed by atoms with Gasteiger partial charge in [-0.15, -0.1) is 0 Å². The molecule has 5 rings (SSSR count). The zero-order valence-corrected chi connectivity index (χ0v) is 16.0. The highest BCUT2D eigenvalue weighted by atomic mass is 16.6. The fourth-order valence-corrected chi connectivity index (χ4v) is 4.93. The standard InChI is InChI=1S/C22H16O8/c1-27-19(25)21-15(17(23)11-7-3-5-9-13(11)29-21)16-18(24)12-8-4-6-10-14(12)30-22(16,21)20(26)28-2/h3-10,15-16H,1-2H3/t15-,16+,21-,22+. The summed E-state index contributed by atoms with van der Waals surface area (Å²) in [5.41, 5.74) is -3.97. The Morgan fingerprint density at radius 2 is 1.10 bits per heavy atom. The Morgan fingerprint density at radius 1 is 0.733 bits per heavy atom. The average Bonchev–Trinajstić information content (AvgIpc) is 2.77. The monoisotopic (exact) mass is 408 g/mol. The van der Waals surface area contributed by atoms with E-state index in [1.165, 1.54) is 12.1 Å². The third-order valence-corrected chi connectivity index (χ3v) is 6.15. The Balaban J connectivity index is 1.82. The summed E-state index contributed by atoms with van der Waals surface area (Å²) in [4.78, 5) is 53.1. The molecule has 0 aromatic heterocycles. The largest absolute Gasteiger partial charge is 0.469 e. The van der Waals surface area contributed by atoms with E-state index in [1.54, 1.807) is 36.4 Å². The van der Waals surface area contributed by atoms with Crippen molar-refractivity contribution in [2.45, 2.75) is 11.2 Å². The lowest BCUT2D eigenvalue weighted by Crippen LogP contribution is -2.90. The normalized spacial score (nSPS) is 30.2. The lowest BCUT2D eigenvalue weighted by molar-refractivity contribution is -0.259. The van der Waals surface area contributed by atoms with Gasteiger partial charge in [0.1, 0.15) is 11.5 Å². The molecule has 0 bridgehead atoms. The first-order valence-electron chi connectivity index (χ1n) is 9.25. The summed E-state index contributed by atoms with van der Waals surface area (Å²) in [7, 11) is 2.22. The smallest absolute Gasteiger partial charge is 0.356 e. The van der Waals surface area contributed by atoms with Crippen LogP contribution in [0.25, 0.3) is 0 Å². The van der Waals surface area contributed by atoms with Crippen LogP contribution in [0.15, 0.2) is 48.5 Å². The Kier molecular flexibility index (Phi) is 3.62. The molecule has 4 atom stereocenters. The van der Waals surface area contributed by atoms with Gasteiger partial charge in [0.05, 0.1) is 37.2 Å². The second-order valence-corrected chi connectivity index (χ2v) is 7.33. The lowest BCUT2D eigenvalue weighted by atomic mass is 9.45. The van der Waals surface area contributed by atoms with E-state index < -0.39 is 46.5 Å². The van der Waals surface area contributed by atoms with Crippen molar-refractivity contribution in [2.75, 3.05) is 14.2 Å². The van der Waals surface area contributed by atoms with Crippen molar-refractivity contribution in [1.82, 2.24) is 0 Å². The van der Waals surface area contributed by atoms with Crippen LogP contribution in [0.3, 0.4) is 0 Å². The molecule has 0 unspecified atom stereocenters. The van der Waals surface area contributed by atoms with Gasteiger partial charge in [-0.1, -0.05) is 24.3 Å². The van der Waals surface area contributed by atoms with Crippen molar-refractivity contribution in [3.8, 4) is 11.5 Å². The molecular weight excluding hydrogens is 392 g/mol. The first-order chi connectivity index (χ1) is 14.4. The highest BCUT2D eigenvalue weighted by molar-refractivity contribution is 6.19. The first-order valence-corrected chi connectivity index (χ1v) is 9.25. The number of methoxy groups -OCH3 is 2. The maximum Gasteiger partial charge on any atom is 0.356 e. The van der Waals surface area contributed by atoms with Crippen LogP contribution in [0.5, 0.6) is 11.5 Å². The number of esters is 2. The molecule has 0 amide bonds. The van der Waals surface area contributed by atoms with Crippen molar-refractivity contribution in [3.05, 3.63) is 59.7 Å². The lowest BCUT2D eigenvalue weighted by Gasteiger charge is -2.63. The van der Waals surface area contributed by atoms with Gasteiger partial charge >= 0.3 is 11.9 Å². The summed E-state index contributed by atoms with van der Waals surface area (Å²) in [6, 6.07) is 12.6. The number of Topliss-reactive ketones (excluding diaryl/α,β-unsaturated/α-hetero) is 2. The van der Waals surface area contributed by atoms with Crippen molar-refractivity contribution in [2.24, 2.45) is 11.8 Å². The number of carbonyl (C=O) groups excluding carboxylic acids is 4. The maximum absolute atomic E-state index is 13.4. The summed E-state index contributed by atoms with van der Waals surface area (Å²) in [6.07, 6.45) is 0. The fraction of sp³-hybridized carbons (Fsp3) is 0.273. The van der Waals surface area contributed by atoms with Crippen LogP contribution in [0.2, 0.25) is 0 Å². The maximum atomic E-state index is 13.4. The van der Waals surface area contributed by atoms with Gasteiger partial charge in [0, 0.05) is 0 Å². The molecule has 8 nitrogen and oxygen atoms in total. The van der Waals surface area contributed by atoms with E-state index in [2.05, 4.69) is 0 Å². The van der Waals surface area contributed by atoms with Crippen molar-refractivity contribution >= 4 is 23.5 Å². The Hall–Kier alpha value is -3.68. The highest BCUT2D eigenvalue weighted by Crippen LogP contribution is 2.64. The van der Waals surface area contributed by atoms with Gasteiger partial charge in [-0.3, -0.25) is 9.59 Å². The van der Waals surface area contributed by atoms with E-state index in [0.717, 1.165) is 14.2 Å². The van der Waals surface area contributed by atoms with Crippen molar-refractivity contribution in [3.63, 3.8) is 0 Å². The molecule has 30 heavy (non-hydrogen) atoms. The van der Waals surface area contributed by atoms with Crippen molar-refractivity contribution < 1.29 is 38.1 Å². The van der Waals surface area contributed by atoms with E-state index in [9.17, 15) is 19.2 Å². The predicted molar refractivity (Wildman–Crippen MR) is 99.3 cm³/mol. The summed E-state index contributed by atoms with van der Waals surface area (Å²) in [5, 5.41) is 0. The highest BCUT2D eigenvalue weighted by Gasteiger charge is 2.90. The molecule has 2 aromatic carbocycles. The zero-order valence-electron chi connectivity index (χ0n) is 16.0. The number of ether oxygens (including phenoxy) is 4. The quantitative estimate of drug-likeness (QED) is 0.690. The molecule has 1 saturated carbocycles. The number of ketones is 2. The second-order valence-electron chi connectivity index (χ2n) is 7.33. The van der Waals surface area contributed by atoms with Crippen LogP contribution in [-0.4, -0.2) is 48.9 Å². The topological polar surface area (TPSA) is 105 Å².